The Labute approximate surface area is 85.0 Å². The van der Waals surface area contributed by atoms with Crippen molar-refractivity contribution < 1.29 is 0 Å². The second kappa shape index (κ2) is 3.01. The fourth-order valence-electron chi connectivity index (χ4n) is 1.20. The van der Waals surface area contributed by atoms with Crippen LogP contribution in [0.4, 0.5) is 0 Å². The van der Waals surface area contributed by atoms with Crippen LogP contribution < -0.4 is 0 Å². The highest BCUT2D eigenvalue weighted by Gasteiger charge is 1.94. The molecule has 1 nitrogen and oxygen atoms in total. The van der Waals surface area contributed by atoms with Gasteiger partial charge in [0.15, 0.2) is 0 Å². The predicted molar refractivity (Wildman–Crippen MR) is 59.2 cm³/mol. The molecule has 0 unspecified atom stereocenters. The minimum absolute atomic E-state index is 1.05. The molecule has 2 rings (SSSR count). The molecular weight excluding hydrogens is 261 g/mol. The number of pyridine rings is 1. The molecule has 0 aliphatic rings. The largest absolute Gasteiger partial charge is 0.242 e. The Hall–Kier alpha value is -0.640. The van der Waals surface area contributed by atoms with E-state index in [1.165, 1.54) is 10.9 Å². The zero-order valence-electron chi connectivity index (χ0n) is 6.71. The van der Waals surface area contributed by atoms with E-state index in [-0.39, 0.29) is 0 Å². The number of benzene rings is 1. The SMILES string of the molecule is Cc1ccc2ccc(I)nc2c1. The topological polar surface area (TPSA) is 12.9 Å². The smallest absolute Gasteiger partial charge is 0.102 e. The van der Waals surface area contributed by atoms with Crippen LogP contribution in [-0.4, -0.2) is 4.98 Å². The predicted octanol–water partition coefficient (Wildman–Crippen LogP) is 3.15. The minimum Gasteiger partial charge on any atom is -0.242 e. The van der Waals surface area contributed by atoms with E-state index >= 15 is 0 Å². The molecule has 0 amide bonds. The van der Waals surface area contributed by atoms with Crippen molar-refractivity contribution in [2.45, 2.75) is 6.92 Å². The Morgan fingerprint density at radius 1 is 1.17 bits per heavy atom. The number of aromatic nitrogens is 1. The van der Waals surface area contributed by atoms with Crippen LogP contribution in [0, 0.1) is 10.6 Å². The molecule has 0 aliphatic heterocycles. The number of fused-ring (bicyclic) bond motifs is 1. The van der Waals surface area contributed by atoms with Crippen molar-refractivity contribution in [3.05, 3.63) is 39.6 Å². The molecule has 0 radical (unpaired) electrons. The zero-order chi connectivity index (χ0) is 8.55. The average molecular weight is 269 g/mol. The van der Waals surface area contributed by atoms with E-state index in [1.54, 1.807) is 0 Å². The molecule has 2 heteroatoms. The first kappa shape index (κ1) is 7.98. The molecule has 60 valence electrons. The fourth-order valence-corrected chi connectivity index (χ4v) is 1.64. The summed E-state index contributed by atoms with van der Waals surface area (Å²) in [6, 6.07) is 10.4. The normalized spacial score (nSPS) is 10.5. The van der Waals surface area contributed by atoms with Gasteiger partial charge in [0.25, 0.3) is 0 Å². The molecule has 1 heterocycles. The third kappa shape index (κ3) is 1.43. The summed E-state index contributed by atoms with van der Waals surface area (Å²) >= 11 is 2.23. The van der Waals surface area contributed by atoms with E-state index in [0.717, 1.165) is 9.22 Å². The van der Waals surface area contributed by atoms with Gasteiger partial charge in [0.2, 0.25) is 0 Å². The van der Waals surface area contributed by atoms with Crippen molar-refractivity contribution in [2.24, 2.45) is 0 Å². The molecular formula is C10H8IN. The molecule has 0 fully saturated rings. The molecule has 0 spiro atoms. The minimum atomic E-state index is 1.05. The van der Waals surface area contributed by atoms with E-state index in [2.05, 4.69) is 58.8 Å². The summed E-state index contributed by atoms with van der Waals surface area (Å²) in [5.74, 6) is 0. The van der Waals surface area contributed by atoms with Crippen molar-refractivity contribution in [1.82, 2.24) is 4.98 Å². The van der Waals surface area contributed by atoms with Crippen LogP contribution >= 0.6 is 22.6 Å². The lowest BCUT2D eigenvalue weighted by molar-refractivity contribution is 1.33. The maximum absolute atomic E-state index is 4.42. The lowest BCUT2D eigenvalue weighted by Crippen LogP contribution is -1.82. The second-order valence-electron chi connectivity index (χ2n) is 2.83. The van der Waals surface area contributed by atoms with Crippen LogP contribution in [0.25, 0.3) is 10.9 Å². The van der Waals surface area contributed by atoms with Gasteiger partial charge in [-0.05, 0) is 47.2 Å². The van der Waals surface area contributed by atoms with Gasteiger partial charge < -0.3 is 0 Å². The molecule has 0 saturated carbocycles. The van der Waals surface area contributed by atoms with Crippen molar-refractivity contribution in [1.29, 1.82) is 0 Å². The van der Waals surface area contributed by atoms with Crippen LogP contribution in [0.2, 0.25) is 0 Å². The molecule has 0 saturated heterocycles. The highest BCUT2D eigenvalue weighted by molar-refractivity contribution is 14.1. The molecule has 0 aliphatic carbocycles. The van der Waals surface area contributed by atoms with Crippen molar-refractivity contribution in [3.8, 4) is 0 Å². The second-order valence-corrected chi connectivity index (χ2v) is 3.94. The Bertz CT molecular complexity index is 386. The standard InChI is InChI=1S/C10H8IN/c1-7-2-3-8-4-5-10(11)12-9(8)6-7/h2-6H,1H3. The average Bonchev–Trinajstić information content (AvgIpc) is 2.03. The van der Waals surface area contributed by atoms with Crippen molar-refractivity contribution in [2.75, 3.05) is 0 Å². The summed E-state index contributed by atoms with van der Waals surface area (Å²) in [6.45, 7) is 2.08. The summed E-state index contributed by atoms with van der Waals surface area (Å²) in [4.78, 5) is 4.42. The summed E-state index contributed by atoms with van der Waals surface area (Å²) < 4.78 is 1.05. The molecule has 0 N–H and O–H groups in total. The maximum atomic E-state index is 4.42. The first-order valence-electron chi connectivity index (χ1n) is 3.78. The lowest BCUT2D eigenvalue weighted by Gasteiger charge is -1.98. The fraction of sp³-hybridized carbons (Fsp3) is 0.100. The zero-order valence-corrected chi connectivity index (χ0v) is 8.87. The summed E-state index contributed by atoms with van der Waals surface area (Å²) in [5, 5.41) is 1.21. The van der Waals surface area contributed by atoms with Crippen LogP contribution in [0.15, 0.2) is 30.3 Å². The molecule has 1 aromatic heterocycles. The first-order chi connectivity index (χ1) is 5.75. The first-order valence-corrected chi connectivity index (χ1v) is 4.86. The maximum Gasteiger partial charge on any atom is 0.102 e. The third-order valence-electron chi connectivity index (χ3n) is 1.81. The molecule has 0 atom stereocenters. The number of aryl methyl sites for hydroxylation is 1. The van der Waals surface area contributed by atoms with E-state index < -0.39 is 0 Å². The van der Waals surface area contributed by atoms with Gasteiger partial charge in [0.05, 0.1) is 5.52 Å². The quantitative estimate of drug-likeness (QED) is 0.529. The van der Waals surface area contributed by atoms with E-state index in [4.69, 9.17) is 0 Å². The Morgan fingerprint density at radius 3 is 2.75 bits per heavy atom. The van der Waals surface area contributed by atoms with E-state index in [1.807, 2.05) is 6.07 Å². The molecule has 12 heavy (non-hydrogen) atoms. The number of hydrogen-bond acceptors (Lipinski definition) is 1. The van der Waals surface area contributed by atoms with Gasteiger partial charge in [-0.1, -0.05) is 18.2 Å². The Morgan fingerprint density at radius 2 is 1.92 bits per heavy atom. The van der Waals surface area contributed by atoms with Crippen molar-refractivity contribution >= 4 is 33.5 Å². The number of halogens is 1. The lowest BCUT2D eigenvalue weighted by atomic mass is 10.1. The number of nitrogens with zero attached hydrogens (tertiary/aromatic N) is 1. The van der Waals surface area contributed by atoms with Gasteiger partial charge in [0.1, 0.15) is 3.70 Å². The summed E-state index contributed by atoms with van der Waals surface area (Å²) in [5.41, 5.74) is 2.35. The van der Waals surface area contributed by atoms with E-state index in [9.17, 15) is 0 Å². The van der Waals surface area contributed by atoms with Gasteiger partial charge in [0, 0.05) is 5.39 Å². The number of hydrogen-bond donors (Lipinski definition) is 0. The summed E-state index contributed by atoms with van der Waals surface area (Å²) in [6.07, 6.45) is 0. The summed E-state index contributed by atoms with van der Waals surface area (Å²) in [7, 11) is 0. The van der Waals surface area contributed by atoms with Crippen molar-refractivity contribution in [3.63, 3.8) is 0 Å². The van der Waals surface area contributed by atoms with Gasteiger partial charge in [-0.2, -0.15) is 0 Å². The van der Waals surface area contributed by atoms with Crippen LogP contribution in [-0.2, 0) is 0 Å². The van der Waals surface area contributed by atoms with Gasteiger partial charge in [-0.25, -0.2) is 4.98 Å². The van der Waals surface area contributed by atoms with Crippen LogP contribution in [0.3, 0.4) is 0 Å². The highest BCUT2D eigenvalue weighted by atomic mass is 127. The molecule has 2 aromatic rings. The number of rotatable bonds is 0. The van der Waals surface area contributed by atoms with Crippen LogP contribution in [0.1, 0.15) is 5.56 Å². The van der Waals surface area contributed by atoms with Gasteiger partial charge in [-0.15, -0.1) is 0 Å². The van der Waals surface area contributed by atoms with E-state index in [0.29, 0.717) is 0 Å². The molecule has 1 aromatic carbocycles. The third-order valence-corrected chi connectivity index (χ3v) is 2.41. The monoisotopic (exact) mass is 269 g/mol. The Balaban J connectivity index is 2.80. The van der Waals surface area contributed by atoms with Gasteiger partial charge >= 0.3 is 0 Å². The molecule has 0 bridgehead atoms. The van der Waals surface area contributed by atoms with Gasteiger partial charge in [-0.3, -0.25) is 0 Å². The highest BCUT2D eigenvalue weighted by Crippen LogP contribution is 2.14. The Kier molecular flexibility index (Phi) is 2.00. The van der Waals surface area contributed by atoms with Crippen LogP contribution in [0.5, 0.6) is 0 Å².